The SMILES string of the molecule is Cc1ccc2nc(-c3ccc(Cl)s3)nc(Cl)c2c1. The van der Waals surface area contributed by atoms with E-state index in [1.807, 2.05) is 37.3 Å². The van der Waals surface area contributed by atoms with Gasteiger partial charge in [0, 0.05) is 5.39 Å². The van der Waals surface area contributed by atoms with Crippen LogP contribution in [0.2, 0.25) is 9.49 Å². The summed E-state index contributed by atoms with van der Waals surface area (Å²) in [4.78, 5) is 9.77. The van der Waals surface area contributed by atoms with Gasteiger partial charge in [0.15, 0.2) is 5.82 Å². The first-order valence-corrected chi connectivity index (χ1v) is 6.90. The molecule has 0 atom stereocenters. The summed E-state index contributed by atoms with van der Waals surface area (Å²) in [6.07, 6.45) is 0. The number of benzene rings is 1. The van der Waals surface area contributed by atoms with E-state index in [-0.39, 0.29) is 0 Å². The van der Waals surface area contributed by atoms with Gasteiger partial charge in [-0.25, -0.2) is 9.97 Å². The summed E-state index contributed by atoms with van der Waals surface area (Å²) >= 11 is 13.6. The number of rotatable bonds is 1. The zero-order valence-corrected chi connectivity index (χ0v) is 11.8. The van der Waals surface area contributed by atoms with Gasteiger partial charge in [0.1, 0.15) is 5.15 Å². The molecule has 0 saturated heterocycles. The van der Waals surface area contributed by atoms with Crippen LogP contribution in [-0.2, 0) is 0 Å². The summed E-state index contributed by atoms with van der Waals surface area (Å²) in [6, 6.07) is 9.69. The second kappa shape index (κ2) is 4.50. The van der Waals surface area contributed by atoms with Crippen molar-refractivity contribution in [2.24, 2.45) is 0 Å². The topological polar surface area (TPSA) is 25.8 Å². The van der Waals surface area contributed by atoms with Crippen LogP contribution in [0.4, 0.5) is 0 Å². The number of nitrogens with zero attached hydrogens (tertiary/aromatic N) is 2. The summed E-state index contributed by atoms with van der Waals surface area (Å²) in [5, 5.41) is 1.35. The molecule has 0 aliphatic carbocycles. The Labute approximate surface area is 118 Å². The maximum atomic E-state index is 6.21. The fourth-order valence-electron chi connectivity index (χ4n) is 1.75. The lowest BCUT2D eigenvalue weighted by Gasteiger charge is -2.03. The van der Waals surface area contributed by atoms with Crippen molar-refractivity contribution >= 4 is 45.4 Å². The van der Waals surface area contributed by atoms with Gasteiger partial charge in [0.2, 0.25) is 0 Å². The molecule has 0 aliphatic heterocycles. The molecule has 2 nitrogen and oxygen atoms in total. The van der Waals surface area contributed by atoms with E-state index < -0.39 is 0 Å². The van der Waals surface area contributed by atoms with E-state index in [9.17, 15) is 0 Å². The van der Waals surface area contributed by atoms with Crippen LogP contribution in [0, 0.1) is 6.92 Å². The first-order valence-electron chi connectivity index (χ1n) is 5.33. The third kappa shape index (κ3) is 2.09. The maximum absolute atomic E-state index is 6.21. The van der Waals surface area contributed by atoms with Crippen molar-refractivity contribution in [2.45, 2.75) is 6.92 Å². The average molecular weight is 295 g/mol. The molecule has 0 amide bonds. The smallest absolute Gasteiger partial charge is 0.171 e. The molecule has 0 aliphatic rings. The van der Waals surface area contributed by atoms with Crippen molar-refractivity contribution in [1.29, 1.82) is 0 Å². The highest BCUT2D eigenvalue weighted by molar-refractivity contribution is 7.19. The van der Waals surface area contributed by atoms with Gasteiger partial charge in [0.05, 0.1) is 14.7 Å². The molecule has 0 fully saturated rings. The quantitative estimate of drug-likeness (QED) is 0.592. The lowest BCUT2D eigenvalue weighted by molar-refractivity contribution is 1.24. The van der Waals surface area contributed by atoms with Gasteiger partial charge in [-0.3, -0.25) is 0 Å². The van der Waals surface area contributed by atoms with Crippen LogP contribution in [0.3, 0.4) is 0 Å². The molecule has 0 spiro atoms. The van der Waals surface area contributed by atoms with Gasteiger partial charge in [-0.2, -0.15) is 0 Å². The lowest BCUT2D eigenvalue weighted by atomic mass is 10.2. The van der Waals surface area contributed by atoms with Gasteiger partial charge in [0.25, 0.3) is 0 Å². The molecule has 0 unspecified atom stereocenters. The van der Waals surface area contributed by atoms with Crippen molar-refractivity contribution in [2.75, 3.05) is 0 Å². The molecule has 3 rings (SSSR count). The molecule has 1 aromatic carbocycles. The maximum Gasteiger partial charge on any atom is 0.171 e. The molecule has 2 aromatic heterocycles. The first kappa shape index (κ1) is 11.9. The Morgan fingerprint density at radius 1 is 1.06 bits per heavy atom. The van der Waals surface area contributed by atoms with E-state index in [0.717, 1.165) is 21.3 Å². The second-order valence-corrected chi connectivity index (χ2v) is 6.04. The first-order chi connectivity index (χ1) is 8.63. The monoisotopic (exact) mass is 294 g/mol. The minimum absolute atomic E-state index is 0.475. The third-order valence-electron chi connectivity index (χ3n) is 2.60. The van der Waals surface area contributed by atoms with Gasteiger partial charge in [-0.15, -0.1) is 11.3 Å². The van der Waals surface area contributed by atoms with E-state index in [0.29, 0.717) is 15.3 Å². The fourth-order valence-corrected chi connectivity index (χ4v) is 2.96. The number of halogens is 2. The van der Waals surface area contributed by atoms with E-state index in [4.69, 9.17) is 23.2 Å². The highest BCUT2D eigenvalue weighted by Gasteiger charge is 2.09. The third-order valence-corrected chi connectivity index (χ3v) is 4.11. The molecule has 90 valence electrons. The van der Waals surface area contributed by atoms with Gasteiger partial charge in [-0.05, 0) is 31.2 Å². The van der Waals surface area contributed by atoms with E-state index in [1.165, 1.54) is 11.3 Å². The van der Waals surface area contributed by atoms with Crippen LogP contribution >= 0.6 is 34.5 Å². The predicted octanol–water partition coefficient (Wildman–Crippen LogP) is 4.97. The van der Waals surface area contributed by atoms with Gasteiger partial charge >= 0.3 is 0 Å². The average Bonchev–Trinajstić information content (AvgIpc) is 2.77. The molecular formula is C13H8Cl2N2S. The van der Waals surface area contributed by atoms with Crippen LogP contribution < -0.4 is 0 Å². The number of hydrogen-bond acceptors (Lipinski definition) is 3. The molecule has 3 aromatic rings. The number of fused-ring (bicyclic) bond motifs is 1. The molecule has 0 N–H and O–H groups in total. The van der Waals surface area contributed by atoms with Crippen LogP contribution in [0.25, 0.3) is 21.6 Å². The van der Waals surface area contributed by atoms with Crippen LogP contribution in [-0.4, -0.2) is 9.97 Å². The Kier molecular flexibility index (Phi) is 2.98. The Bertz CT molecular complexity index is 737. The van der Waals surface area contributed by atoms with Crippen LogP contribution in [0.1, 0.15) is 5.56 Å². The Hall–Kier alpha value is -1.16. The normalized spacial score (nSPS) is 11.1. The summed E-state index contributed by atoms with van der Waals surface area (Å²) in [5.41, 5.74) is 1.99. The number of aromatic nitrogens is 2. The summed E-state index contributed by atoms with van der Waals surface area (Å²) in [7, 11) is 0. The molecule has 5 heteroatoms. The largest absolute Gasteiger partial charge is 0.227 e. The molecule has 0 radical (unpaired) electrons. The van der Waals surface area contributed by atoms with E-state index in [2.05, 4.69) is 9.97 Å². The second-order valence-electron chi connectivity index (χ2n) is 3.96. The summed E-state index contributed by atoms with van der Waals surface area (Å²) in [6.45, 7) is 2.02. The van der Waals surface area contributed by atoms with Crippen LogP contribution in [0.5, 0.6) is 0 Å². The Morgan fingerprint density at radius 3 is 2.61 bits per heavy atom. The van der Waals surface area contributed by atoms with Crippen molar-refractivity contribution in [1.82, 2.24) is 9.97 Å². The van der Waals surface area contributed by atoms with E-state index in [1.54, 1.807) is 0 Å². The minimum atomic E-state index is 0.475. The highest BCUT2D eigenvalue weighted by atomic mass is 35.5. The highest BCUT2D eigenvalue weighted by Crippen LogP contribution is 2.31. The van der Waals surface area contributed by atoms with Crippen molar-refractivity contribution in [3.8, 4) is 10.7 Å². The summed E-state index contributed by atoms with van der Waals surface area (Å²) in [5.74, 6) is 0.619. The summed E-state index contributed by atoms with van der Waals surface area (Å²) < 4.78 is 0.716. The molecule has 2 heterocycles. The fraction of sp³-hybridized carbons (Fsp3) is 0.0769. The molecule has 18 heavy (non-hydrogen) atoms. The van der Waals surface area contributed by atoms with Gasteiger partial charge < -0.3 is 0 Å². The van der Waals surface area contributed by atoms with Gasteiger partial charge in [-0.1, -0.05) is 34.8 Å². The zero-order chi connectivity index (χ0) is 12.7. The molecule has 0 saturated carbocycles. The van der Waals surface area contributed by atoms with Crippen molar-refractivity contribution in [3.63, 3.8) is 0 Å². The number of thiophene rings is 1. The van der Waals surface area contributed by atoms with Crippen LogP contribution in [0.15, 0.2) is 30.3 Å². The van der Waals surface area contributed by atoms with Crippen molar-refractivity contribution < 1.29 is 0 Å². The number of aryl methyl sites for hydroxylation is 1. The lowest BCUT2D eigenvalue weighted by Crippen LogP contribution is -1.90. The standard InChI is InChI=1S/C13H8Cl2N2S/c1-7-2-3-9-8(6-7)12(15)17-13(16-9)10-4-5-11(14)18-10/h2-6H,1H3. The van der Waals surface area contributed by atoms with Crippen molar-refractivity contribution in [3.05, 3.63) is 45.4 Å². The zero-order valence-electron chi connectivity index (χ0n) is 9.45. The number of hydrogen-bond donors (Lipinski definition) is 0. The van der Waals surface area contributed by atoms with E-state index >= 15 is 0 Å². The molecule has 0 bridgehead atoms. The Morgan fingerprint density at radius 2 is 1.89 bits per heavy atom. The molecular weight excluding hydrogens is 287 g/mol. The predicted molar refractivity (Wildman–Crippen MR) is 77.6 cm³/mol. The minimum Gasteiger partial charge on any atom is -0.227 e. The Balaban J connectivity index is 2.24.